The third-order valence-electron chi connectivity index (χ3n) is 8.06. The molecular formula is C28H38FN3O2. The number of amides is 1. The van der Waals surface area contributed by atoms with Crippen LogP contribution >= 0.6 is 0 Å². The number of phenols is 1. The van der Waals surface area contributed by atoms with Crippen LogP contribution in [0.15, 0.2) is 42.5 Å². The second kappa shape index (κ2) is 10.4. The van der Waals surface area contributed by atoms with Crippen LogP contribution in [-0.4, -0.2) is 47.6 Å². The number of aromatic hydroxyl groups is 1. The van der Waals surface area contributed by atoms with E-state index in [1.54, 1.807) is 24.3 Å². The standard InChI is InChI=1S/C28H38FN3O2/c1-4-19(2)26(31-27(34)25-15-20-8-9-24(33)14-21(20)17-30-25)18-32-12-10-28(3,11-13-32)22-6-5-7-23(29)16-22/h5-9,14,16,19,25-26,30,33H,4,10-13,15,17-18H2,1-3H3,(H,31,34)/t19?,25-,26-/m1/s1. The van der Waals surface area contributed by atoms with E-state index in [9.17, 15) is 14.3 Å². The minimum absolute atomic E-state index is 0.0123. The Balaban J connectivity index is 1.35. The molecule has 2 heterocycles. The highest BCUT2D eigenvalue weighted by atomic mass is 19.1. The van der Waals surface area contributed by atoms with Gasteiger partial charge in [0, 0.05) is 19.1 Å². The molecule has 0 aliphatic carbocycles. The lowest BCUT2D eigenvalue weighted by Gasteiger charge is -2.42. The SMILES string of the molecule is CCC(C)[C@@H](CN1CCC(C)(c2cccc(F)c2)CC1)NC(=O)[C@H]1Cc2ccc(O)cc2CN1. The molecule has 3 atom stereocenters. The van der Waals surface area contributed by atoms with Gasteiger partial charge in [0.15, 0.2) is 0 Å². The Hall–Kier alpha value is -2.44. The second-order valence-corrected chi connectivity index (χ2v) is 10.5. The Morgan fingerprint density at radius 1 is 1.24 bits per heavy atom. The van der Waals surface area contributed by atoms with Crippen molar-refractivity contribution in [3.63, 3.8) is 0 Å². The molecule has 1 unspecified atom stereocenters. The van der Waals surface area contributed by atoms with E-state index < -0.39 is 0 Å². The summed E-state index contributed by atoms with van der Waals surface area (Å²) in [5, 5.41) is 16.4. The molecular weight excluding hydrogens is 429 g/mol. The Labute approximate surface area is 202 Å². The van der Waals surface area contributed by atoms with E-state index in [0.29, 0.717) is 18.9 Å². The zero-order valence-corrected chi connectivity index (χ0v) is 20.6. The molecule has 3 N–H and O–H groups in total. The van der Waals surface area contributed by atoms with E-state index in [4.69, 9.17) is 0 Å². The lowest BCUT2D eigenvalue weighted by molar-refractivity contribution is -0.124. The van der Waals surface area contributed by atoms with Gasteiger partial charge in [-0.2, -0.15) is 0 Å². The number of benzene rings is 2. The number of carbonyl (C=O) groups excluding carboxylic acids is 1. The molecule has 6 heteroatoms. The monoisotopic (exact) mass is 467 g/mol. The molecule has 0 spiro atoms. The number of hydrogen-bond acceptors (Lipinski definition) is 4. The normalized spacial score (nSPS) is 21.9. The maximum Gasteiger partial charge on any atom is 0.237 e. The van der Waals surface area contributed by atoms with Crippen LogP contribution in [0.1, 0.15) is 56.7 Å². The largest absolute Gasteiger partial charge is 0.508 e. The molecule has 5 nitrogen and oxygen atoms in total. The van der Waals surface area contributed by atoms with Crippen molar-refractivity contribution in [1.82, 2.24) is 15.5 Å². The first kappa shape index (κ1) is 24.7. The van der Waals surface area contributed by atoms with Crippen molar-refractivity contribution in [2.75, 3.05) is 19.6 Å². The van der Waals surface area contributed by atoms with E-state index in [2.05, 4.69) is 36.3 Å². The van der Waals surface area contributed by atoms with Crippen molar-refractivity contribution in [3.05, 3.63) is 65.0 Å². The molecule has 0 bridgehead atoms. The molecule has 0 aromatic heterocycles. The highest BCUT2D eigenvalue weighted by molar-refractivity contribution is 5.82. The van der Waals surface area contributed by atoms with E-state index in [1.807, 2.05) is 12.1 Å². The van der Waals surface area contributed by atoms with Crippen LogP contribution in [0, 0.1) is 11.7 Å². The fourth-order valence-corrected chi connectivity index (χ4v) is 5.28. The third-order valence-corrected chi connectivity index (χ3v) is 8.06. The number of phenolic OH excluding ortho intramolecular Hbond substituents is 1. The van der Waals surface area contributed by atoms with E-state index in [0.717, 1.165) is 55.6 Å². The molecule has 4 rings (SSSR count). The first-order valence-corrected chi connectivity index (χ1v) is 12.6. The van der Waals surface area contributed by atoms with Gasteiger partial charge in [-0.05, 0) is 84.6 Å². The summed E-state index contributed by atoms with van der Waals surface area (Å²) in [5.74, 6) is 0.505. The third kappa shape index (κ3) is 5.61. The molecule has 1 fully saturated rings. The Bertz CT molecular complexity index is 1000. The van der Waals surface area contributed by atoms with Gasteiger partial charge in [0.25, 0.3) is 0 Å². The zero-order valence-electron chi connectivity index (χ0n) is 20.6. The molecule has 2 aliphatic rings. The lowest BCUT2D eigenvalue weighted by atomic mass is 9.74. The van der Waals surface area contributed by atoms with Crippen LogP contribution in [0.25, 0.3) is 0 Å². The van der Waals surface area contributed by atoms with E-state index >= 15 is 0 Å². The van der Waals surface area contributed by atoms with Gasteiger partial charge in [0.2, 0.25) is 5.91 Å². The van der Waals surface area contributed by atoms with Gasteiger partial charge in [-0.15, -0.1) is 0 Å². The highest BCUT2D eigenvalue weighted by Crippen LogP contribution is 2.35. The minimum atomic E-state index is -0.263. The summed E-state index contributed by atoms with van der Waals surface area (Å²) in [6.45, 7) is 9.90. The fourth-order valence-electron chi connectivity index (χ4n) is 5.28. The molecule has 184 valence electrons. The van der Waals surface area contributed by atoms with Crippen LogP contribution in [-0.2, 0) is 23.2 Å². The first-order chi connectivity index (χ1) is 16.3. The smallest absolute Gasteiger partial charge is 0.237 e. The molecule has 2 aliphatic heterocycles. The fraction of sp³-hybridized carbons (Fsp3) is 0.536. The Kier molecular flexibility index (Phi) is 7.58. The van der Waals surface area contributed by atoms with Crippen molar-refractivity contribution >= 4 is 5.91 Å². The Morgan fingerprint density at radius 3 is 2.71 bits per heavy atom. The topological polar surface area (TPSA) is 64.6 Å². The Morgan fingerprint density at radius 2 is 2.00 bits per heavy atom. The van der Waals surface area contributed by atoms with Crippen LogP contribution in [0.4, 0.5) is 4.39 Å². The summed E-state index contributed by atoms with van der Waals surface area (Å²) < 4.78 is 13.8. The van der Waals surface area contributed by atoms with Crippen molar-refractivity contribution in [3.8, 4) is 5.75 Å². The number of nitrogens with zero attached hydrogens (tertiary/aromatic N) is 1. The summed E-state index contributed by atoms with van der Waals surface area (Å²) in [5.41, 5.74) is 3.24. The molecule has 0 saturated carbocycles. The summed E-state index contributed by atoms with van der Waals surface area (Å²) in [4.78, 5) is 15.6. The van der Waals surface area contributed by atoms with Gasteiger partial charge in [-0.25, -0.2) is 4.39 Å². The van der Waals surface area contributed by atoms with Gasteiger partial charge in [-0.3, -0.25) is 4.79 Å². The minimum Gasteiger partial charge on any atom is -0.508 e. The lowest BCUT2D eigenvalue weighted by Crippen LogP contribution is -2.55. The van der Waals surface area contributed by atoms with Gasteiger partial charge >= 0.3 is 0 Å². The van der Waals surface area contributed by atoms with Crippen LogP contribution in [0.5, 0.6) is 5.75 Å². The summed E-state index contributed by atoms with van der Waals surface area (Å²) in [7, 11) is 0. The van der Waals surface area contributed by atoms with Crippen molar-refractivity contribution < 1.29 is 14.3 Å². The van der Waals surface area contributed by atoms with Crippen LogP contribution < -0.4 is 10.6 Å². The number of nitrogens with one attached hydrogen (secondary N) is 2. The number of rotatable bonds is 7. The number of halogens is 1. The van der Waals surface area contributed by atoms with Crippen molar-refractivity contribution in [2.45, 2.75) is 70.5 Å². The van der Waals surface area contributed by atoms with Gasteiger partial charge in [0.05, 0.1) is 6.04 Å². The van der Waals surface area contributed by atoms with Gasteiger partial charge in [0.1, 0.15) is 11.6 Å². The second-order valence-electron chi connectivity index (χ2n) is 10.5. The van der Waals surface area contributed by atoms with Crippen molar-refractivity contribution in [2.24, 2.45) is 5.92 Å². The number of hydrogen-bond donors (Lipinski definition) is 3. The summed E-state index contributed by atoms with van der Waals surface area (Å²) >= 11 is 0. The van der Waals surface area contributed by atoms with E-state index in [-0.39, 0.29) is 35.0 Å². The van der Waals surface area contributed by atoms with E-state index in [1.165, 1.54) is 6.07 Å². The molecule has 2 aromatic rings. The predicted octanol–water partition coefficient (Wildman–Crippen LogP) is 4.13. The maximum absolute atomic E-state index is 13.8. The van der Waals surface area contributed by atoms with Gasteiger partial charge in [-0.1, -0.05) is 45.4 Å². The number of fused-ring (bicyclic) bond motifs is 1. The number of piperidine rings is 1. The average molecular weight is 468 g/mol. The molecule has 1 saturated heterocycles. The predicted molar refractivity (Wildman–Crippen MR) is 133 cm³/mol. The van der Waals surface area contributed by atoms with Gasteiger partial charge < -0.3 is 20.6 Å². The van der Waals surface area contributed by atoms with Crippen molar-refractivity contribution in [1.29, 1.82) is 0 Å². The van der Waals surface area contributed by atoms with Crippen LogP contribution in [0.3, 0.4) is 0 Å². The quantitative estimate of drug-likeness (QED) is 0.573. The molecule has 1 amide bonds. The number of likely N-dealkylation sites (tertiary alicyclic amines) is 1. The molecule has 2 aromatic carbocycles. The summed E-state index contributed by atoms with van der Waals surface area (Å²) in [6, 6.07) is 12.2. The average Bonchev–Trinajstić information content (AvgIpc) is 2.84. The first-order valence-electron chi connectivity index (χ1n) is 12.6. The zero-order chi connectivity index (χ0) is 24.3. The highest BCUT2D eigenvalue weighted by Gasteiger charge is 2.34. The maximum atomic E-state index is 13.8. The summed E-state index contributed by atoms with van der Waals surface area (Å²) in [6.07, 6.45) is 3.58. The molecule has 34 heavy (non-hydrogen) atoms. The van der Waals surface area contributed by atoms with Crippen LogP contribution in [0.2, 0.25) is 0 Å². The molecule has 0 radical (unpaired) electrons. The number of carbonyl (C=O) groups is 1.